The lowest BCUT2D eigenvalue weighted by Crippen LogP contribution is -2.61. The summed E-state index contributed by atoms with van der Waals surface area (Å²) in [6.07, 6.45) is 12.3. The van der Waals surface area contributed by atoms with E-state index in [0.29, 0.717) is 11.2 Å². The van der Waals surface area contributed by atoms with Gasteiger partial charge in [0.1, 0.15) is 5.76 Å². The fraction of sp³-hybridized carbons (Fsp3) is 0.536. The number of oxime groups is 1. The molecule has 2 aliphatic rings. The molecular weight excluding hydrogens is 440 g/mol. The van der Waals surface area contributed by atoms with Gasteiger partial charge in [-0.05, 0) is 76.5 Å². The van der Waals surface area contributed by atoms with E-state index in [2.05, 4.69) is 41.2 Å². The maximum absolute atomic E-state index is 12.7. The van der Waals surface area contributed by atoms with Crippen molar-refractivity contribution in [2.45, 2.75) is 65.3 Å². The Morgan fingerprint density at radius 1 is 1.17 bits per heavy atom. The Kier molecular flexibility index (Phi) is 10.7. The van der Waals surface area contributed by atoms with Gasteiger partial charge >= 0.3 is 0 Å². The second-order valence-electron chi connectivity index (χ2n) is 9.89. The Balaban J connectivity index is 0.00000210. The monoisotopic (exact) mass is 482 g/mol. The molecule has 35 heavy (non-hydrogen) atoms. The standard InChI is InChI=1S/C27H38N4O2.CH4O/c1-6-24(33-29-22(2)3)18-25(32)31-16-13-27(14-17-31)19-26(4,20-27)30(5)21-28-15-12-23-10-8-7-9-11-23;1-2/h6-12,15,21H,13-14,16-20H2,1-5H3;2H,1H3/b15-12+,24-6-,28-21?;. The quantitative estimate of drug-likeness (QED) is 0.242. The number of piperidine rings is 1. The van der Waals surface area contributed by atoms with E-state index in [9.17, 15) is 4.79 Å². The molecule has 1 saturated heterocycles. The fourth-order valence-corrected chi connectivity index (χ4v) is 4.97. The molecule has 2 fully saturated rings. The van der Waals surface area contributed by atoms with Crippen LogP contribution in [0.25, 0.3) is 6.08 Å². The van der Waals surface area contributed by atoms with Crippen molar-refractivity contribution in [1.29, 1.82) is 0 Å². The third kappa shape index (κ3) is 8.06. The summed E-state index contributed by atoms with van der Waals surface area (Å²) in [5, 5.41) is 11.0. The Morgan fingerprint density at radius 3 is 2.37 bits per heavy atom. The number of benzene rings is 1. The predicted molar refractivity (Wildman–Crippen MR) is 144 cm³/mol. The van der Waals surface area contributed by atoms with E-state index in [-0.39, 0.29) is 17.9 Å². The van der Waals surface area contributed by atoms with Gasteiger partial charge in [0.15, 0.2) is 0 Å². The van der Waals surface area contributed by atoms with E-state index < -0.39 is 0 Å². The summed E-state index contributed by atoms with van der Waals surface area (Å²) in [6, 6.07) is 10.2. The number of aliphatic hydroxyl groups is 1. The second kappa shape index (κ2) is 13.2. The number of likely N-dealkylation sites (tertiary alicyclic amines) is 1. The normalized spacial score (nSPS) is 18.6. The average molecular weight is 483 g/mol. The highest BCUT2D eigenvalue weighted by molar-refractivity contribution is 5.79. The maximum atomic E-state index is 12.7. The van der Waals surface area contributed by atoms with Gasteiger partial charge in [-0.15, -0.1) is 0 Å². The third-order valence-electron chi connectivity index (χ3n) is 6.93. The molecule has 1 N–H and O–H groups in total. The number of hydrogen-bond acceptors (Lipinski definition) is 5. The highest BCUT2D eigenvalue weighted by atomic mass is 16.6. The van der Waals surface area contributed by atoms with Crippen molar-refractivity contribution in [3.8, 4) is 0 Å². The first-order valence-electron chi connectivity index (χ1n) is 12.3. The molecule has 7 nitrogen and oxygen atoms in total. The molecule has 1 aliphatic heterocycles. The molecule has 0 atom stereocenters. The van der Waals surface area contributed by atoms with Crippen LogP contribution in [0.5, 0.6) is 0 Å². The maximum Gasteiger partial charge on any atom is 0.230 e. The second-order valence-corrected chi connectivity index (χ2v) is 9.89. The molecule has 1 saturated carbocycles. The van der Waals surface area contributed by atoms with Gasteiger partial charge in [0.25, 0.3) is 0 Å². The van der Waals surface area contributed by atoms with Crippen molar-refractivity contribution in [3.05, 3.63) is 53.9 Å². The fourth-order valence-electron chi connectivity index (χ4n) is 4.97. The largest absolute Gasteiger partial charge is 0.400 e. The van der Waals surface area contributed by atoms with Gasteiger partial charge < -0.3 is 19.7 Å². The predicted octanol–water partition coefficient (Wildman–Crippen LogP) is 5.09. The highest BCUT2D eigenvalue weighted by Crippen LogP contribution is 2.56. The Morgan fingerprint density at radius 2 is 1.80 bits per heavy atom. The van der Waals surface area contributed by atoms with Crippen LogP contribution in [0.4, 0.5) is 0 Å². The average Bonchev–Trinajstić information content (AvgIpc) is 2.85. The van der Waals surface area contributed by atoms with E-state index in [1.807, 2.05) is 68.6 Å². The number of aliphatic hydroxyl groups excluding tert-OH is 1. The lowest BCUT2D eigenvalue weighted by molar-refractivity contribution is -0.137. The molecular formula is C28H42N4O3. The minimum absolute atomic E-state index is 0.123. The molecule has 1 aromatic carbocycles. The number of allylic oxidation sites excluding steroid dienone is 1. The van der Waals surface area contributed by atoms with Crippen molar-refractivity contribution in [2.24, 2.45) is 15.6 Å². The summed E-state index contributed by atoms with van der Waals surface area (Å²) >= 11 is 0. The van der Waals surface area contributed by atoms with E-state index in [1.165, 1.54) is 0 Å². The van der Waals surface area contributed by atoms with Crippen molar-refractivity contribution in [3.63, 3.8) is 0 Å². The molecule has 1 heterocycles. The van der Waals surface area contributed by atoms with E-state index in [4.69, 9.17) is 9.94 Å². The Bertz CT molecular complexity index is 917. The van der Waals surface area contributed by atoms with Crippen LogP contribution in [0.3, 0.4) is 0 Å². The summed E-state index contributed by atoms with van der Waals surface area (Å²) in [7, 11) is 3.12. The first-order valence-corrected chi connectivity index (χ1v) is 12.3. The molecule has 7 heteroatoms. The van der Waals surface area contributed by atoms with Crippen LogP contribution in [-0.4, -0.2) is 65.6 Å². The van der Waals surface area contributed by atoms with Crippen molar-refractivity contribution in [2.75, 3.05) is 27.2 Å². The Hall–Kier alpha value is -2.93. The van der Waals surface area contributed by atoms with E-state index in [1.54, 1.807) is 0 Å². The number of carbonyl (C=O) groups is 1. The molecule has 1 aromatic rings. The summed E-state index contributed by atoms with van der Waals surface area (Å²) in [4.78, 5) is 26.8. The zero-order valence-corrected chi connectivity index (χ0v) is 22.2. The summed E-state index contributed by atoms with van der Waals surface area (Å²) < 4.78 is 0. The first-order chi connectivity index (χ1) is 16.8. The van der Waals surface area contributed by atoms with Gasteiger partial charge in [-0.2, -0.15) is 0 Å². The lowest BCUT2D eigenvalue weighted by Gasteiger charge is -2.60. The highest BCUT2D eigenvalue weighted by Gasteiger charge is 2.54. The Labute approximate surface area is 210 Å². The molecule has 192 valence electrons. The van der Waals surface area contributed by atoms with E-state index >= 15 is 0 Å². The van der Waals surface area contributed by atoms with Gasteiger partial charge in [-0.25, -0.2) is 4.99 Å². The summed E-state index contributed by atoms with van der Waals surface area (Å²) in [5.74, 6) is 0.735. The number of hydrogen-bond donors (Lipinski definition) is 1. The van der Waals surface area contributed by atoms with Crippen LogP contribution in [0.2, 0.25) is 0 Å². The number of carbonyl (C=O) groups excluding carboxylic acids is 1. The van der Waals surface area contributed by atoms with Gasteiger partial charge in [-0.3, -0.25) is 4.79 Å². The zero-order chi connectivity index (χ0) is 25.9. The van der Waals surface area contributed by atoms with Gasteiger partial charge in [0.05, 0.1) is 18.5 Å². The van der Waals surface area contributed by atoms with Crippen LogP contribution >= 0.6 is 0 Å². The molecule has 3 rings (SSSR count). The minimum atomic E-state index is 0.123. The summed E-state index contributed by atoms with van der Waals surface area (Å²) in [5.41, 5.74) is 2.45. The van der Waals surface area contributed by atoms with Crippen molar-refractivity contribution < 1.29 is 14.7 Å². The smallest absolute Gasteiger partial charge is 0.230 e. The minimum Gasteiger partial charge on any atom is -0.400 e. The van der Waals surface area contributed by atoms with Gasteiger partial charge in [0, 0.05) is 39.0 Å². The van der Waals surface area contributed by atoms with E-state index in [0.717, 1.165) is 57.2 Å². The van der Waals surface area contributed by atoms with Crippen molar-refractivity contribution >= 4 is 24.0 Å². The van der Waals surface area contributed by atoms with Crippen LogP contribution in [-0.2, 0) is 9.63 Å². The third-order valence-corrected chi connectivity index (χ3v) is 6.93. The molecule has 0 aromatic heterocycles. The number of rotatable bonds is 8. The van der Waals surface area contributed by atoms with Crippen LogP contribution < -0.4 is 0 Å². The SMILES string of the molecule is C/C=C(/CC(=O)N1CCC2(CC1)CC(C)(N(C)C=N/C=C/c1ccccc1)C2)ON=C(C)C.CO. The van der Waals surface area contributed by atoms with Crippen LogP contribution in [0.1, 0.15) is 65.4 Å². The van der Waals surface area contributed by atoms with Crippen LogP contribution in [0.15, 0.2) is 58.5 Å². The molecule has 1 amide bonds. The lowest BCUT2D eigenvalue weighted by atomic mass is 9.53. The molecule has 0 unspecified atom stereocenters. The van der Waals surface area contributed by atoms with Gasteiger partial charge in [0.2, 0.25) is 5.91 Å². The molecule has 0 bridgehead atoms. The number of aliphatic imine (C=N–C) groups is 1. The molecule has 0 radical (unpaired) electrons. The van der Waals surface area contributed by atoms with Crippen LogP contribution in [0, 0.1) is 5.41 Å². The zero-order valence-electron chi connectivity index (χ0n) is 22.2. The number of nitrogens with zero attached hydrogens (tertiary/aromatic N) is 4. The molecule has 1 spiro atoms. The first kappa shape index (κ1) is 28.3. The van der Waals surface area contributed by atoms with Crippen molar-refractivity contribution in [1.82, 2.24) is 9.80 Å². The molecule has 1 aliphatic carbocycles. The number of amides is 1. The van der Waals surface area contributed by atoms with Gasteiger partial charge in [-0.1, -0.05) is 35.5 Å². The summed E-state index contributed by atoms with van der Waals surface area (Å²) in [6.45, 7) is 9.57. The topological polar surface area (TPSA) is 77.7 Å².